The zero-order valence-electron chi connectivity index (χ0n) is 10.6. The molecule has 2 nitrogen and oxygen atoms in total. The molecule has 1 N–H and O–H groups in total. The highest BCUT2D eigenvalue weighted by Gasteiger charge is 2.16. The van der Waals surface area contributed by atoms with Gasteiger partial charge in [0.05, 0.1) is 7.11 Å². The maximum absolute atomic E-state index is 5.40. The van der Waals surface area contributed by atoms with E-state index in [-0.39, 0.29) is 0 Å². The summed E-state index contributed by atoms with van der Waals surface area (Å²) in [7, 11) is 1.73. The average molecular weight is 231 g/mol. The van der Waals surface area contributed by atoms with Crippen LogP contribution in [-0.4, -0.2) is 13.2 Å². The van der Waals surface area contributed by atoms with Gasteiger partial charge in [-0.1, -0.05) is 30.4 Å². The number of hydrogen-bond acceptors (Lipinski definition) is 2. The fraction of sp³-hybridized carbons (Fsp3) is 0.467. The van der Waals surface area contributed by atoms with Crippen molar-refractivity contribution in [3.63, 3.8) is 0 Å². The second-order valence-corrected chi connectivity index (χ2v) is 4.61. The van der Waals surface area contributed by atoms with E-state index in [1.54, 1.807) is 7.11 Å². The van der Waals surface area contributed by atoms with Crippen molar-refractivity contribution in [3.8, 4) is 5.75 Å². The van der Waals surface area contributed by atoms with E-state index in [0.717, 1.165) is 12.2 Å². The summed E-state index contributed by atoms with van der Waals surface area (Å²) in [6.07, 6.45) is 8.11. The topological polar surface area (TPSA) is 21.3 Å². The number of methoxy groups -OCH3 is 1. The van der Waals surface area contributed by atoms with Gasteiger partial charge in [-0.15, -0.1) is 0 Å². The summed E-state index contributed by atoms with van der Waals surface area (Å²) in [6.45, 7) is 2.20. The van der Waals surface area contributed by atoms with Gasteiger partial charge < -0.3 is 10.1 Å². The van der Waals surface area contributed by atoms with Gasteiger partial charge in [-0.3, -0.25) is 0 Å². The van der Waals surface area contributed by atoms with Crippen LogP contribution in [0.5, 0.6) is 5.75 Å². The van der Waals surface area contributed by atoms with Crippen LogP contribution in [0.25, 0.3) is 0 Å². The minimum Gasteiger partial charge on any atom is -0.496 e. The average Bonchev–Trinajstić information content (AvgIpc) is 2.40. The van der Waals surface area contributed by atoms with Crippen LogP contribution in [0.1, 0.15) is 37.8 Å². The first-order valence-electron chi connectivity index (χ1n) is 6.35. The van der Waals surface area contributed by atoms with E-state index in [1.807, 2.05) is 12.1 Å². The van der Waals surface area contributed by atoms with E-state index in [4.69, 9.17) is 4.74 Å². The van der Waals surface area contributed by atoms with Crippen LogP contribution in [-0.2, 0) is 0 Å². The highest BCUT2D eigenvalue weighted by molar-refractivity contribution is 5.35. The summed E-state index contributed by atoms with van der Waals surface area (Å²) in [5.74, 6) is 0.971. The first kappa shape index (κ1) is 12.2. The molecule has 0 heterocycles. The molecule has 2 atom stereocenters. The normalized spacial score (nSPS) is 21.2. The molecule has 2 unspecified atom stereocenters. The van der Waals surface area contributed by atoms with E-state index in [9.17, 15) is 0 Å². The van der Waals surface area contributed by atoms with Gasteiger partial charge in [-0.25, -0.2) is 0 Å². The van der Waals surface area contributed by atoms with E-state index in [0.29, 0.717) is 12.1 Å². The highest BCUT2D eigenvalue weighted by Crippen LogP contribution is 2.25. The van der Waals surface area contributed by atoms with Gasteiger partial charge in [0.15, 0.2) is 0 Å². The molecule has 0 radical (unpaired) electrons. The molecule has 17 heavy (non-hydrogen) atoms. The molecular weight excluding hydrogens is 210 g/mol. The highest BCUT2D eigenvalue weighted by atomic mass is 16.5. The summed E-state index contributed by atoms with van der Waals surface area (Å²) in [4.78, 5) is 0. The molecule has 0 saturated carbocycles. The second kappa shape index (κ2) is 5.87. The third-order valence-electron chi connectivity index (χ3n) is 3.36. The first-order chi connectivity index (χ1) is 8.31. The SMILES string of the molecule is COc1ccccc1C(C)NC1CC=CCC1. The van der Waals surface area contributed by atoms with Crippen LogP contribution in [0.2, 0.25) is 0 Å². The van der Waals surface area contributed by atoms with E-state index >= 15 is 0 Å². The standard InChI is InChI=1S/C15H21NO/c1-12(16-13-8-4-3-5-9-13)14-10-6-7-11-15(14)17-2/h3-4,6-7,10-13,16H,5,8-9H2,1-2H3. The van der Waals surface area contributed by atoms with Gasteiger partial charge in [0.25, 0.3) is 0 Å². The van der Waals surface area contributed by atoms with Crippen LogP contribution in [0.4, 0.5) is 0 Å². The van der Waals surface area contributed by atoms with Crippen molar-refractivity contribution in [2.24, 2.45) is 0 Å². The van der Waals surface area contributed by atoms with Crippen molar-refractivity contribution in [1.82, 2.24) is 5.32 Å². The lowest BCUT2D eigenvalue weighted by atomic mass is 9.99. The number of benzene rings is 1. The van der Waals surface area contributed by atoms with Gasteiger partial charge in [-0.2, -0.15) is 0 Å². The van der Waals surface area contributed by atoms with Crippen LogP contribution < -0.4 is 10.1 Å². The molecule has 92 valence electrons. The van der Waals surface area contributed by atoms with Crippen molar-refractivity contribution in [3.05, 3.63) is 42.0 Å². The Morgan fingerprint density at radius 1 is 1.29 bits per heavy atom. The van der Waals surface area contributed by atoms with Crippen LogP contribution in [0.15, 0.2) is 36.4 Å². The molecule has 1 aromatic carbocycles. The molecular formula is C15H21NO. The zero-order valence-corrected chi connectivity index (χ0v) is 10.6. The van der Waals surface area contributed by atoms with Gasteiger partial charge in [-0.05, 0) is 32.3 Å². The molecule has 0 spiro atoms. The van der Waals surface area contributed by atoms with Crippen LogP contribution in [0, 0.1) is 0 Å². The lowest BCUT2D eigenvalue weighted by Crippen LogP contribution is -2.32. The molecule has 1 aliphatic rings. The van der Waals surface area contributed by atoms with Crippen molar-refractivity contribution >= 4 is 0 Å². The Balaban J connectivity index is 2.03. The Labute approximate surface area is 104 Å². The van der Waals surface area contributed by atoms with Gasteiger partial charge in [0, 0.05) is 17.6 Å². The van der Waals surface area contributed by atoms with Crippen molar-refractivity contribution in [2.45, 2.75) is 38.3 Å². The summed E-state index contributed by atoms with van der Waals surface area (Å²) < 4.78 is 5.40. The predicted molar refractivity (Wildman–Crippen MR) is 71.3 cm³/mol. The monoisotopic (exact) mass is 231 g/mol. The molecule has 0 fully saturated rings. The van der Waals surface area contributed by atoms with Gasteiger partial charge in [0.1, 0.15) is 5.75 Å². The van der Waals surface area contributed by atoms with Crippen molar-refractivity contribution < 1.29 is 4.74 Å². The molecule has 2 rings (SSSR count). The number of hydrogen-bond donors (Lipinski definition) is 1. The lowest BCUT2D eigenvalue weighted by molar-refractivity contribution is 0.385. The Bertz CT molecular complexity index is 386. The molecule has 0 bridgehead atoms. The molecule has 1 aromatic rings. The van der Waals surface area contributed by atoms with Crippen LogP contribution in [0.3, 0.4) is 0 Å². The molecule has 0 aromatic heterocycles. The number of allylic oxidation sites excluding steroid dienone is 1. The predicted octanol–water partition coefficient (Wildman–Crippen LogP) is 3.45. The Morgan fingerprint density at radius 3 is 2.82 bits per heavy atom. The Morgan fingerprint density at radius 2 is 2.12 bits per heavy atom. The quantitative estimate of drug-likeness (QED) is 0.801. The number of ether oxygens (including phenoxy) is 1. The van der Waals surface area contributed by atoms with Crippen molar-refractivity contribution in [1.29, 1.82) is 0 Å². The fourth-order valence-corrected chi connectivity index (χ4v) is 2.41. The molecule has 0 amide bonds. The smallest absolute Gasteiger partial charge is 0.123 e. The molecule has 0 saturated heterocycles. The van der Waals surface area contributed by atoms with E-state index < -0.39 is 0 Å². The molecule has 1 aliphatic carbocycles. The first-order valence-corrected chi connectivity index (χ1v) is 6.35. The maximum atomic E-state index is 5.40. The number of rotatable bonds is 4. The Hall–Kier alpha value is -1.28. The summed E-state index contributed by atoms with van der Waals surface area (Å²) >= 11 is 0. The lowest BCUT2D eigenvalue weighted by Gasteiger charge is -2.25. The third-order valence-corrected chi connectivity index (χ3v) is 3.36. The van der Waals surface area contributed by atoms with Crippen molar-refractivity contribution in [2.75, 3.05) is 7.11 Å². The van der Waals surface area contributed by atoms with Gasteiger partial charge >= 0.3 is 0 Å². The minimum atomic E-state index is 0.336. The number of nitrogens with one attached hydrogen (secondary N) is 1. The fourth-order valence-electron chi connectivity index (χ4n) is 2.41. The largest absolute Gasteiger partial charge is 0.496 e. The summed E-state index contributed by atoms with van der Waals surface area (Å²) in [5.41, 5.74) is 1.24. The van der Waals surface area contributed by atoms with Gasteiger partial charge in [0.2, 0.25) is 0 Å². The maximum Gasteiger partial charge on any atom is 0.123 e. The third kappa shape index (κ3) is 3.10. The molecule has 2 heteroatoms. The van der Waals surface area contributed by atoms with E-state index in [2.05, 4.69) is 36.5 Å². The second-order valence-electron chi connectivity index (χ2n) is 4.61. The zero-order chi connectivity index (χ0) is 12.1. The van der Waals surface area contributed by atoms with E-state index in [1.165, 1.54) is 18.4 Å². The summed E-state index contributed by atoms with van der Waals surface area (Å²) in [6, 6.07) is 9.17. The summed E-state index contributed by atoms with van der Waals surface area (Å²) in [5, 5.41) is 3.68. The number of para-hydroxylation sites is 1. The minimum absolute atomic E-state index is 0.336. The Kier molecular flexibility index (Phi) is 4.21. The van der Waals surface area contributed by atoms with Crippen LogP contribution >= 0.6 is 0 Å². The molecule has 0 aliphatic heterocycles.